The van der Waals surface area contributed by atoms with E-state index in [0.717, 1.165) is 15.2 Å². The molecule has 0 N–H and O–H groups in total. The molecule has 3 aromatic rings. The third-order valence-corrected chi connectivity index (χ3v) is 3.90. The van der Waals surface area contributed by atoms with Crippen LogP contribution in [0.15, 0.2) is 65.1 Å². The largest absolute Gasteiger partial charge is 0.497 e. The molecule has 3 heteroatoms. The molecule has 0 saturated carbocycles. The maximum atomic E-state index is 12.8. The Balaban J connectivity index is 2.25. The number of ketones is 1. The van der Waals surface area contributed by atoms with Crippen LogP contribution in [0.1, 0.15) is 15.9 Å². The van der Waals surface area contributed by atoms with Gasteiger partial charge in [-0.1, -0.05) is 52.3 Å². The number of benzene rings is 3. The molecule has 21 heavy (non-hydrogen) atoms. The number of ether oxygens (including phenoxy) is 1. The van der Waals surface area contributed by atoms with Gasteiger partial charge in [0.15, 0.2) is 5.78 Å². The molecule has 3 aromatic carbocycles. The second-order valence-electron chi connectivity index (χ2n) is 4.74. The summed E-state index contributed by atoms with van der Waals surface area (Å²) in [6.45, 7) is 0. The van der Waals surface area contributed by atoms with E-state index in [1.807, 2.05) is 54.6 Å². The van der Waals surface area contributed by atoms with Crippen molar-refractivity contribution < 1.29 is 9.53 Å². The summed E-state index contributed by atoms with van der Waals surface area (Å²) in [5, 5.41) is 1.90. The molecule has 0 bridgehead atoms. The SMILES string of the molecule is COc1cc(C(=O)c2ccccc2)c2cc(Br)ccc2c1. The van der Waals surface area contributed by atoms with E-state index in [9.17, 15) is 4.79 Å². The Morgan fingerprint density at radius 2 is 1.76 bits per heavy atom. The monoisotopic (exact) mass is 340 g/mol. The van der Waals surface area contributed by atoms with E-state index in [1.165, 1.54) is 0 Å². The number of methoxy groups -OCH3 is 1. The number of fused-ring (bicyclic) bond motifs is 1. The Morgan fingerprint density at radius 1 is 1.00 bits per heavy atom. The van der Waals surface area contributed by atoms with Gasteiger partial charge in [0.25, 0.3) is 0 Å². The average Bonchev–Trinajstić information content (AvgIpc) is 2.54. The van der Waals surface area contributed by atoms with Crippen LogP contribution in [0, 0.1) is 0 Å². The zero-order chi connectivity index (χ0) is 14.8. The first-order chi connectivity index (χ1) is 10.2. The summed E-state index contributed by atoms with van der Waals surface area (Å²) in [7, 11) is 1.61. The van der Waals surface area contributed by atoms with Crippen molar-refractivity contribution in [2.24, 2.45) is 0 Å². The highest BCUT2D eigenvalue weighted by Gasteiger charge is 2.14. The molecule has 0 amide bonds. The van der Waals surface area contributed by atoms with Crippen LogP contribution in [-0.2, 0) is 0 Å². The fourth-order valence-electron chi connectivity index (χ4n) is 2.35. The maximum absolute atomic E-state index is 12.8. The van der Waals surface area contributed by atoms with Gasteiger partial charge in [0.05, 0.1) is 7.11 Å². The summed E-state index contributed by atoms with van der Waals surface area (Å²) in [5.41, 5.74) is 1.32. The quantitative estimate of drug-likeness (QED) is 0.637. The maximum Gasteiger partial charge on any atom is 0.193 e. The van der Waals surface area contributed by atoms with Crippen molar-refractivity contribution >= 4 is 32.5 Å². The molecule has 0 fully saturated rings. The van der Waals surface area contributed by atoms with E-state index in [-0.39, 0.29) is 5.78 Å². The van der Waals surface area contributed by atoms with Gasteiger partial charge in [-0.3, -0.25) is 4.79 Å². The average molecular weight is 341 g/mol. The number of halogens is 1. The van der Waals surface area contributed by atoms with Gasteiger partial charge < -0.3 is 4.74 Å². The molecule has 104 valence electrons. The predicted molar refractivity (Wildman–Crippen MR) is 88.1 cm³/mol. The minimum absolute atomic E-state index is 0.00222. The molecule has 0 spiro atoms. The van der Waals surface area contributed by atoms with E-state index in [1.54, 1.807) is 13.2 Å². The third kappa shape index (κ3) is 2.69. The van der Waals surface area contributed by atoms with Crippen LogP contribution < -0.4 is 4.74 Å². The minimum atomic E-state index is -0.00222. The Kier molecular flexibility index (Phi) is 3.76. The van der Waals surface area contributed by atoms with Crippen LogP contribution in [0.4, 0.5) is 0 Å². The molecule has 3 rings (SSSR count). The predicted octanol–water partition coefficient (Wildman–Crippen LogP) is 4.84. The van der Waals surface area contributed by atoms with Crippen LogP contribution in [0.2, 0.25) is 0 Å². The molecular weight excluding hydrogens is 328 g/mol. The molecule has 0 unspecified atom stereocenters. The van der Waals surface area contributed by atoms with E-state index in [4.69, 9.17) is 4.74 Å². The fraction of sp³-hybridized carbons (Fsp3) is 0.0556. The molecule has 0 saturated heterocycles. The zero-order valence-corrected chi connectivity index (χ0v) is 13.1. The highest BCUT2D eigenvalue weighted by Crippen LogP contribution is 2.29. The number of carbonyl (C=O) groups excluding carboxylic acids is 1. The standard InChI is InChI=1S/C18H13BrO2/c1-21-15-9-13-7-8-14(19)10-16(13)17(11-15)18(20)12-5-3-2-4-6-12/h2-11H,1H3. The summed E-state index contributed by atoms with van der Waals surface area (Å²) >= 11 is 3.46. The highest BCUT2D eigenvalue weighted by molar-refractivity contribution is 9.10. The number of rotatable bonds is 3. The Morgan fingerprint density at radius 3 is 2.48 bits per heavy atom. The van der Waals surface area contributed by atoms with Crippen molar-refractivity contribution in [1.82, 2.24) is 0 Å². The Bertz CT molecular complexity index is 810. The van der Waals surface area contributed by atoms with E-state index in [0.29, 0.717) is 16.9 Å². The first kappa shape index (κ1) is 13.8. The summed E-state index contributed by atoms with van der Waals surface area (Å²) in [4.78, 5) is 12.8. The summed E-state index contributed by atoms with van der Waals surface area (Å²) in [6, 6.07) is 18.9. The molecule has 0 aliphatic carbocycles. The number of carbonyl (C=O) groups is 1. The van der Waals surface area contributed by atoms with Gasteiger partial charge in [-0.15, -0.1) is 0 Å². The van der Waals surface area contributed by atoms with E-state index < -0.39 is 0 Å². The van der Waals surface area contributed by atoms with Crippen molar-refractivity contribution in [1.29, 1.82) is 0 Å². The fourth-order valence-corrected chi connectivity index (χ4v) is 2.71. The molecule has 2 nitrogen and oxygen atoms in total. The van der Waals surface area contributed by atoms with E-state index >= 15 is 0 Å². The zero-order valence-electron chi connectivity index (χ0n) is 11.5. The van der Waals surface area contributed by atoms with Crippen LogP contribution in [-0.4, -0.2) is 12.9 Å². The van der Waals surface area contributed by atoms with E-state index in [2.05, 4.69) is 15.9 Å². The highest BCUT2D eigenvalue weighted by atomic mass is 79.9. The summed E-state index contributed by atoms with van der Waals surface area (Å²) in [5.74, 6) is 0.682. The summed E-state index contributed by atoms with van der Waals surface area (Å²) in [6.07, 6.45) is 0. The lowest BCUT2D eigenvalue weighted by atomic mass is 9.97. The van der Waals surface area contributed by atoms with Crippen molar-refractivity contribution in [3.05, 3.63) is 76.3 Å². The molecule has 0 heterocycles. The van der Waals surface area contributed by atoms with Gasteiger partial charge in [-0.05, 0) is 35.0 Å². The van der Waals surface area contributed by atoms with Crippen LogP contribution in [0.5, 0.6) is 5.75 Å². The lowest BCUT2D eigenvalue weighted by Gasteiger charge is -2.10. The van der Waals surface area contributed by atoms with Crippen molar-refractivity contribution in [3.63, 3.8) is 0 Å². The molecule has 0 aliphatic rings. The summed E-state index contributed by atoms with van der Waals surface area (Å²) < 4.78 is 6.26. The first-order valence-electron chi connectivity index (χ1n) is 6.56. The van der Waals surface area contributed by atoms with Gasteiger partial charge in [0, 0.05) is 15.6 Å². The lowest BCUT2D eigenvalue weighted by Crippen LogP contribution is -2.02. The second-order valence-corrected chi connectivity index (χ2v) is 5.65. The Hall–Kier alpha value is -2.13. The van der Waals surface area contributed by atoms with Gasteiger partial charge in [0.2, 0.25) is 0 Å². The van der Waals surface area contributed by atoms with Gasteiger partial charge in [-0.2, -0.15) is 0 Å². The van der Waals surface area contributed by atoms with Gasteiger partial charge in [-0.25, -0.2) is 0 Å². The molecular formula is C18H13BrO2. The number of hydrogen-bond acceptors (Lipinski definition) is 2. The van der Waals surface area contributed by atoms with Crippen molar-refractivity contribution in [2.45, 2.75) is 0 Å². The number of hydrogen-bond donors (Lipinski definition) is 0. The van der Waals surface area contributed by atoms with Gasteiger partial charge in [0.1, 0.15) is 5.75 Å². The Labute approximate surface area is 131 Å². The van der Waals surface area contributed by atoms with Crippen molar-refractivity contribution in [3.8, 4) is 5.75 Å². The van der Waals surface area contributed by atoms with Crippen LogP contribution in [0.3, 0.4) is 0 Å². The molecule has 0 aliphatic heterocycles. The molecule has 0 aromatic heterocycles. The molecule has 0 atom stereocenters. The smallest absolute Gasteiger partial charge is 0.193 e. The van der Waals surface area contributed by atoms with Crippen LogP contribution >= 0.6 is 15.9 Å². The van der Waals surface area contributed by atoms with Crippen LogP contribution in [0.25, 0.3) is 10.8 Å². The van der Waals surface area contributed by atoms with Crippen molar-refractivity contribution in [2.75, 3.05) is 7.11 Å². The normalized spacial score (nSPS) is 10.6. The van der Waals surface area contributed by atoms with Gasteiger partial charge >= 0.3 is 0 Å². The molecule has 0 radical (unpaired) electrons. The first-order valence-corrected chi connectivity index (χ1v) is 7.35. The minimum Gasteiger partial charge on any atom is -0.497 e. The topological polar surface area (TPSA) is 26.3 Å². The third-order valence-electron chi connectivity index (χ3n) is 3.41. The lowest BCUT2D eigenvalue weighted by molar-refractivity contribution is 0.104. The second kappa shape index (κ2) is 5.70.